The van der Waals surface area contributed by atoms with Gasteiger partial charge in [-0.15, -0.1) is 0 Å². The molecule has 20 heavy (non-hydrogen) atoms. The SMILES string of the molecule is C[Si](C)(C)OC1(c2ccco2)CC(c2ccccc2)C1. The number of hydrogen-bond donors (Lipinski definition) is 0. The van der Waals surface area contributed by atoms with Gasteiger partial charge < -0.3 is 8.84 Å². The molecular weight excluding hydrogens is 264 g/mol. The summed E-state index contributed by atoms with van der Waals surface area (Å²) in [4.78, 5) is 0. The molecule has 0 spiro atoms. The van der Waals surface area contributed by atoms with Crippen molar-refractivity contribution in [1.82, 2.24) is 0 Å². The maximum atomic E-state index is 6.50. The Balaban J connectivity index is 1.82. The van der Waals surface area contributed by atoms with E-state index in [1.807, 2.05) is 6.07 Å². The molecule has 0 amide bonds. The van der Waals surface area contributed by atoms with Gasteiger partial charge in [-0.2, -0.15) is 0 Å². The van der Waals surface area contributed by atoms with Crippen molar-refractivity contribution in [2.75, 3.05) is 0 Å². The second kappa shape index (κ2) is 4.90. The van der Waals surface area contributed by atoms with Crippen molar-refractivity contribution >= 4 is 8.32 Å². The Morgan fingerprint density at radius 2 is 1.75 bits per heavy atom. The van der Waals surface area contributed by atoms with Crippen molar-refractivity contribution in [1.29, 1.82) is 0 Å². The fraction of sp³-hybridized carbons (Fsp3) is 0.412. The molecule has 2 aromatic rings. The van der Waals surface area contributed by atoms with E-state index in [2.05, 4.69) is 56.0 Å². The topological polar surface area (TPSA) is 22.4 Å². The lowest BCUT2D eigenvalue weighted by molar-refractivity contribution is -0.0542. The van der Waals surface area contributed by atoms with Gasteiger partial charge in [-0.05, 0) is 56.1 Å². The molecule has 0 unspecified atom stereocenters. The highest BCUT2D eigenvalue weighted by atomic mass is 28.4. The van der Waals surface area contributed by atoms with Crippen LogP contribution in [0.5, 0.6) is 0 Å². The van der Waals surface area contributed by atoms with Crippen molar-refractivity contribution in [2.24, 2.45) is 0 Å². The minimum atomic E-state index is -1.61. The second-order valence-corrected chi connectivity index (χ2v) is 11.1. The summed E-state index contributed by atoms with van der Waals surface area (Å²) in [5, 5.41) is 0. The van der Waals surface area contributed by atoms with E-state index < -0.39 is 8.32 Å². The molecule has 0 atom stereocenters. The zero-order valence-corrected chi connectivity index (χ0v) is 13.4. The average Bonchev–Trinajstić information content (AvgIpc) is 2.87. The third-order valence-electron chi connectivity index (χ3n) is 3.90. The lowest BCUT2D eigenvalue weighted by Gasteiger charge is -2.49. The molecule has 2 nitrogen and oxygen atoms in total. The van der Waals surface area contributed by atoms with Crippen LogP contribution < -0.4 is 0 Å². The number of hydrogen-bond acceptors (Lipinski definition) is 2. The second-order valence-electron chi connectivity index (χ2n) is 6.70. The molecule has 0 N–H and O–H groups in total. The van der Waals surface area contributed by atoms with E-state index in [0.717, 1.165) is 18.6 Å². The summed E-state index contributed by atoms with van der Waals surface area (Å²) in [7, 11) is -1.61. The van der Waals surface area contributed by atoms with E-state index in [1.165, 1.54) is 5.56 Å². The van der Waals surface area contributed by atoms with Crippen molar-refractivity contribution in [3.63, 3.8) is 0 Å². The van der Waals surface area contributed by atoms with Gasteiger partial charge in [-0.3, -0.25) is 0 Å². The normalized spacial score (nSPS) is 26.2. The molecule has 1 aliphatic carbocycles. The van der Waals surface area contributed by atoms with Crippen LogP contribution in [-0.2, 0) is 10.0 Å². The fourth-order valence-electron chi connectivity index (χ4n) is 3.16. The Labute approximate surface area is 121 Å². The van der Waals surface area contributed by atoms with E-state index in [-0.39, 0.29) is 5.60 Å². The quantitative estimate of drug-likeness (QED) is 0.746. The third-order valence-corrected chi connectivity index (χ3v) is 4.90. The zero-order chi connectivity index (χ0) is 14.2. The minimum Gasteiger partial charge on any atom is -0.466 e. The predicted octanol–water partition coefficient (Wildman–Crippen LogP) is 4.90. The molecule has 106 valence electrons. The van der Waals surface area contributed by atoms with Crippen LogP contribution in [0.15, 0.2) is 53.1 Å². The summed E-state index contributed by atoms with van der Waals surface area (Å²) in [6.07, 6.45) is 3.80. The summed E-state index contributed by atoms with van der Waals surface area (Å²) in [5.41, 5.74) is 1.21. The molecule has 1 saturated carbocycles. The van der Waals surface area contributed by atoms with Crippen molar-refractivity contribution < 1.29 is 8.84 Å². The van der Waals surface area contributed by atoms with E-state index in [4.69, 9.17) is 8.84 Å². The number of furan rings is 1. The van der Waals surface area contributed by atoms with Crippen molar-refractivity contribution in [3.8, 4) is 0 Å². The van der Waals surface area contributed by atoms with E-state index >= 15 is 0 Å². The van der Waals surface area contributed by atoms with E-state index in [9.17, 15) is 0 Å². The first-order chi connectivity index (χ1) is 9.49. The van der Waals surface area contributed by atoms with Gasteiger partial charge in [0.05, 0.1) is 6.26 Å². The molecule has 3 heteroatoms. The number of rotatable bonds is 4. The molecule has 0 aliphatic heterocycles. The molecule has 0 radical (unpaired) electrons. The maximum Gasteiger partial charge on any atom is 0.185 e. The van der Waals surface area contributed by atoms with Gasteiger partial charge >= 0.3 is 0 Å². The van der Waals surface area contributed by atoms with Crippen LogP contribution in [0.1, 0.15) is 30.1 Å². The average molecular weight is 286 g/mol. The fourth-order valence-corrected chi connectivity index (χ4v) is 4.60. The Bertz CT molecular complexity index is 548. The van der Waals surface area contributed by atoms with Gasteiger partial charge in [0.15, 0.2) is 8.32 Å². The molecule has 1 heterocycles. The first kappa shape index (κ1) is 13.7. The monoisotopic (exact) mass is 286 g/mol. The van der Waals surface area contributed by atoms with Crippen LogP contribution in [-0.4, -0.2) is 8.32 Å². The lowest BCUT2D eigenvalue weighted by Crippen LogP contribution is -2.48. The van der Waals surface area contributed by atoms with Crippen LogP contribution in [0.25, 0.3) is 0 Å². The molecule has 0 bridgehead atoms. The molecule has 1 fully saturated rings. The van der Waals surface area contributed by atoms with Crippen molar-refractivity contribution in [2.45, 2.75) is 44.0 Å². The van der Waals surface area contributed by atoms with E-state index in [0.29, 0.717) is 5.92 Å². The molecular formula is C17H22O2Si. The summed E-state index contributed by atoms with van der Waals surface area (Å²) >= 11 is 0. The number of benzene rings is 1. The third kappa shape index (κ3) is 2.60. The Morgan fingerprint density at radius 3 is 2.30 bits per heavy atom. The smallest absolute Gasteiger partial charge is 0.185 e. The van der Waals surface area contributed by atoms with Crippen LogP contribution in [0.2, 0.25) is 19.6 Å². The predicted molar refractivity (Wildman–Crippen MR) is 83.2 cm³/mol. The molecule has 0 saturated heterocycles. The lowest BCUT2D eigenvalue weighted by atomic mass is 9.67. The van der Waals surface area contributed by atoms with Gasteiger partial charge in [0.25, 0.3) is 0 Å². The van der Waals surface area contributed by atoms with Gasteiger partial charge in [-0.1, -0.05) is 30.3 Å². The standard InChI is InChI=1S/C17H22O2Si/c1-20(2,3)19-17(16-10-7-11-18-16)12-15(13-17)14-8-5-4-6-9-14/h4-11,15H,12-13H2,1-3H3. The van der Waals surface area contributed by atoms with Gasteiger partial charge in [0.2, 0.25) is 0 Å². The largest absolute Gasteiger partial charge is 0.466 e. The first-order valence-corrected chi connectivity index (χ1v) is 10.7. The Hall–Kier alpha value is -1.32. The molecule has 1 aromatic heterocycles. The van der Waals surface area contributed by atoms with Crippen LogP contribution in [0.4, 0.5) is 0 Å². The molecule has 1 aliphatic rings. The Morgan fingerprint density at radius 1 is 1.05 bits per heavy atom. The minimum absolute atomic E-state index is 0.200. The van der Waals surface area contributed by atoms with Crippen LogP contribution in [0.3, 0.4) is 0 Å². The first-order valence-electron chi connectivity index (χ1n) is 7.28. The maximum absolute atomic E-state index is 6.50. The highest BCUT2D eigenvalue weighted by molar-refractivity contribution is 6.69. The van der Waals surface area contributed by atoms with Gasteiger partial charge in [0, 0.05) is 0 Å². The summed E-state index contributed by atoms with van der Waals surface area (Å²) < 4.78 is 12.2. The van der Waals surface area contributed by atoms with Crippen molar-refractivity contribution in [3.05, 3.63) is 60.1 Å². The van der Waals surface area contributed by atoms with Crippen LogP contribution >= 0.6 is 0 Å². The molecule has 3 rings (SSSR count). The van der Waals surface area contributed by atoms with Crippen LogP contribution in [0, 0.1) is 0 Å². The summed E-state index contributed by atoms with van der Waals surface area (Å²) in [6, 6.07) is 14.7. The van der Waals surface area contributed by atoms with E-state index in [1.54, 1.807) is 6.26 Å². The Kier molecular flexibility index (Phi) is 3.34. The highest BCUT2D eigenvalue weighted by Crippen LogP contribution is 2.54. The zero-order valence-electron chi connectivity index (χ0n) is 12.4. The highest BCUT2D eigenvalue weighted by Gasteiger charge is 2.51. The summed E-state index contributed by atoms with van der Waals surface area (Å²) in [5.74, 6) is 1.57. The summed E-state index contributed by atoms with van der Waals surface area (Å²) in [6.45, 7) is 6.73. The molecule has 1 aromatic carbocycles. The van der Waals surface area contributed by atoms with Gasteiger partial charge in [-0.25, -0.2) is 0 Å². The van der Waals surface area contributed by atoms with Gasteiger partial charge in [0.1, 0.15) is 11.4 Å².